The van der Waals surface area contributed by atoms with E-state index in [-0.39, 0.29) is 21.3 Å². The van der Waals surface area contributed by atoms with Crippen LogP contribution in [0.3, 0.4) is 0 Å². The summed E-state index contributed by atoms with van der Waals surface area (Å²) >= 11 is 4.46. The summed E-state index contributed by atoms with van der Waals surface area (Å²) < 4.78 is 26.9. The zero-order valence-corrected chi connectivity index (χ0v) is 11.9. The quantitative estimate of drug-likeness (QED) is 0.829. The summed E-state index contributed by atoms with van der Waals surface area (Å²) in [6.45, 7) is 0. The van der Waals surface area contributed by atoms with E-state index in [9.17, 15) is 13.6 Å². The van der Waals surface area contributed by atoms with Gasteiger partial charge in [-0.05, 0) is 40.6 Å². The number of anilines is 1. The number of thioether (sulfide) groups is 1. The van der Waals surface area contributed by atoms with Crippen LogP contribution in [0.15, 0.2) is 16.6 Å². The SMILES string of the molecule is O=C(Nc1cc(F)c(Br)cc1F)C1CCCCS1. The van der Waals surface area contributed by atoms with Crippen LogP contribution in [0.4, 0.5) is 14.5 Å². The van der Waals surface area contributed by atoms with Gasteiger partial charge in [-0.3, -0.25) is 4.79 Å². The highest BCUT2D eigenvalue weighted by Gasteiger charge is 2.22. The molecule has 0 radical (unpaired) electrons. The Bertz CT molecular complexity index is 464. The van der Waals surface area contributed by atoms with E-state index in [0.29, 0.717) is 0 Å². The topological polar surface area (TPSA) is 29.1 Å². The molecule has 0 aromatic heterocycles. The Morgan fingerprint density at radius 3 is 2.78 bits per heavy atom. The lowest BCUT2D eigenvalue weighted by Crippen LogP contribution is -2.27. The van der Waals surface area contributed by atoms with Crippen LogP contribution in [0, 0.1) is 11.6 Å². The van der Waals surface area contributed by atoms with Crippen molar-refractivity contribution in [2.75, 3.05) is 11.1 Å². The fraction of sp³-hybridized carbons (Fsp3) is 0.417. The van der Waals surface area contributed by atoms with E-state index >= 15 is 0 Å². The van der Waals surface area contributed by atoms with E-state index in [2.05, 4.69) is 21.2 Å². The van der Waals surface area contributed by atoms with Gasteiger partial charge in [-0.15, -0.1) is 11.8 Å². The first-order valence-electron chi connectivity index (χ1n) is 5.65. The highest BCUT2D eigenvalue weighted by molar-refractivity contribution is 9.10. The second kappa shape index (κ2) is 6.02. The average molecular weight is 336 g/mol. The molecule has 0 aliphatic carbocycles. The van der Waals surface area contributed by atoms with Gasteiger partial charge in [0.15, 0.2) is 0 Å². The zero-order chi connectivity index (χ0) is 13.1. The molecule has 1 aromatic rings. The molecule has 2 rings (SSSR count). The van der Waals surface area contributed by atoms with Crippen molar-refractivity contribution >= 4 is 39.3 Å². The molecule has 6 heteroatoms. The Balaban J connectivity index is 2.08. The molecular weight excluding hydrogens is 324 g/mol. The maximum absolute atomic E-state index is 13.5. The second-order valence-electron chi connectivity index (χ2n) is 4.09. The zero-order valence-electron chi connectivity index (χ0n) is 9.51. The summed E-state index contributed by atoms with van der Waals surface area (Å²) in [6.07, 6.45) is 2.90. The maximum Gasteiger partial charge on any atom is 0.237 e. The Kier molecular flexibility index (Phi) is 4.61. The molecule has 0 saturated carbocycles. The molecule has 1 aliphatic heterocycles. The molecular formula is C12H12BrF2NOS. The molecule has 1 fully saturated rings. The molecule has 1 atom stereocenters. The molecule has 98 valence electrons. The number of carbonyl (C=O) groups is 1. The number of rotatable bonds is 2. The Morgan fingerprint density at radius 2 is 2.11 bits per heavy atom. The minimum atomic E-state index is -0.641. The van der Waals surface area contributed by atoms with Crippen molar-refractivity contribution in [2.45, 2.75) is 24.5 Å². The van der Waals surface area contributed by atoms with Gasteiger partial charge in [0.2, 0.25) is 5.91 Å². The first-order chi connectivity index (χ1) is 8.58. The van der Waals surface area contributed by atoms with Gasteiger partial charge in [-0.1, -0.05) is 6.42 Å². The lowest BCUT2D eigenvalue weighted by Gasteiger charge is -2.20. The van der Waals surface area contributed by atoms with Crippen molar-refractivity contribution in [2.24, 2.45) is 0 Å². The van der Waals surface area contributed by atoms with Crippen molar-refractivity contribution in [3.05, 3.63) is 28.2 Å². The fourth-order valence-corrected chi connectivity index (χ4v) is 3.29. The van der Waals surface area contributed by atoms with Crippen molar-refractivity contribution in [3.8, 4) is 0 Å². The average Bonchev–Trinajstić information content (AvgIpc) is 2.37. The molecule has 1 unspecified atom stereocenters. The lowest BCUT2D eigenvalue weighted by atomic mass is 10.2. The Labute approximate surface area is 117 Å². The van der Waals surface area contributed by atoms with E-state index in [4.69, 9.17) is 0 Å². The molecule has 18 heavy (non-hydrogen) atoms. The van der Waals surface area contributed by atoms with Crippen LogP contribution < -0.4 is 5.32 Å². The van der Waals surface area contributed by atoms with Gasteiger partial charge in [-0.2, -0.15) is 0 Å². The predicted molar refractivity (Wildman–Crippen MR) is 72.8 cm³/mol. The summed E-state index contributed by atoms with van der Waals surface area (Å²) in [6, 6.07) is 2.00. The van der Waals surface area contributed by atoms with Crippen molar-refractivity contribution < 1.29 is 13.6 Å². The summed E-state index contributed by atoms with van der Waals surface area (Å²) in [7, 11) is 0. The number of halogens is 3. The van der Waals surface area contributed by atoms with E-state index < -0.39 is 11.6 Å². The highest BCUT2D eigenvalue weighted by atomic mass is 79.9. The molecule has 2 nitrogen and oxygen atoms in total. The molecule has 1 aromatic carbocycles. The van der Waals surface area contributed by atoms with Gasteiger partial charge < -0.3 is 5.32 Å². The third kappa shape index (κ3) is 3.23. The number of hydrogen-bond donors (Lipinski definition) is 1. The number of carbonyl (C=O) groups excluding carboxylic acids is 1. The van der Waals surface area contributed by atoms with Gasteiger partial charge in [0.25, 0.3) is 0 Å². The fourth-order valence-electron chi connectivity index (χ4n) is 1.78. The van der Waals surface area contributed by atoms with Crippen molar-refractivity contribution in [1.82, 2.24) is 0 Å². The largest absolute Gasteiger partial charge is 0.323 e. The predicted octanol–water partition coefficient (Wildman–Crippen LogP) is 3.95. The van der Waals surface area contributed by atoms with Gasteiger partial charge in [0.05, 0.1) is 15.4 Å². The summed E-state index contributed by atoms with van der Waals surface area (Å²) in [5.41, 5.74) is -0.105. The van der Waals surface area contributed by atoms with E-state index in [1.165, 1.54) is 0 Å². The highest BCUT2D eigenvalue weighted by Crippen LogP contribution is 2.28. The van der Waals surface area contributed by atoms with Crippen LogP contribution in [-0.4, -0.2) is 16.9 Å². The first-order valence-corrected chi connectivity index (χ1v) is 7.49. The number of hydrogen-bond acceptors (Lipinski definition) is 2. The number of amides is 1. The Morgan fingerprint density at radius 1 is 1.33 bits per heavy atom. The standard InChI is InChI=1S/C12H12BrF2NOS/c13-7-5-9(15)10(6-8(7)14)16-12(17)11-3-1-2-4-18-11/h5-6,11H,1-4H2,(H,16,17). The van der Waals surface area contributed by atoms with Gasteiger partial charge in [0.1, 0.15) is 11.6 Å². The molecule has 0 bridgehead atoms. The molecule has 0 spiro atoms. The van der Waals surface area contributed by atoms with Gasteiger partial charge in [0, 0.05) is 6.07 Å². The third-order valence-corrected chi connectivity index (χ3v) is 4.72. The molecule has 1 N–H and O–H groups in total. The first kappa shape index (κ1) is 13.8. The molecule has 1 heterocycles. The van der Waals surface area contributed by atoms with Crippen LogP contribution in [0.1, 0.15) is 19.3 Å². The van der Waals surface area contributed by atoms with Crippen molar-refractivity contribution in [1.29, 1.82) is 0 Å². The summed E-state index contributed by atoms with van der Waals surface area (Å²) in [5, 5.41) is 2.29. The minimum Gasteiger partial charge on any atom is -0.323 e. The molecule has 1 amide bonds. The van der Waals surface area contributed by atoms with E-state index in [1.807, 2.05) is 0 Å². The van der Waals surface area contributed by atoms with Crippen LogP contribution in [0.2, 0.25) is 0 Å². The second-order valence-corrected chi connectivity index (χ2v) is 6.26. The lowest BCUT2D eigenvalue weighted by molar-refractivity contribution is -0.115. The number of nitrogens with one attached hydrogen (secondary N) is 1. The monoisotopic (exact) mass is 335 g/mol. The van der Waals surface area contributed by atoms with Crippen LogP contribution >= 0.6 is 27.7 Å². The summed E-state index contributed by atoms with van der Waals surface area (Å²) in [5.74, 6) is -0.546. The van der Waals surface area contributed by atoms with Crippen LogP contribution in [0.5, 0.6) is 0 Å². The molecule has 1 saturated heterocycles. The minimum absolute atomic E-state index is 0.0463. The smallest absolute Gasteiger partial charge is 0.237 e. The maximum atomic E-state index is 13.5. The number of benzene rings is 1. The normalized spacial score (nSPS) is 19.6. The Hall–Kier alpha value is -0.620. The third-order valence-electron chi connectivity index (χ3n) is 2.74. The van der Waals surface area contributed by atoms with E-state index in [1.54, 1.807) is 11.8 Å². The van der Waals surface area contributed by atoms with Crippen LogP contribution in [-0.2, 0) is 4.79 Å². The van der Waals surface area contributed by atoms with Crippen molar-refractivity contribution in [3.63, 3.8) is 0 Å². The van der Waals surface area contributed by atoms with Gasteiger partial charge >= 0.3 is 0 Å². The van der Waals surface area contributed by atoms with Crippen LogP contribution in [0.25, 0.3) is 0 Å². The summed E-state index contributed by atoms with van der Waals surface area (Å²) in [4.78, 5) is 11.9. The van der Waals surface area contributed by atoms with E-state index in [0.717, 1.165) is 37.1 Å². The molecule has 1 aliphatic rings. The van der Waals surface area contributed by atoms with Gasteiger partial charge in [-0.25, -0.2) is 8.78 Å².